The lowest BCUT2D eigenvalue weighted by molar-refractivity contribution is 0.414. The highest BCUT2D eigenvalue weighted by Gasteiger charge is 2.22. The van der Waals surface area contributed by atoms with Crippen molar-refractivity contribution in [2.24, 2.45) is 0 Å². The molecule has 1 N–H and O–H groups in total. The van der Waals surface area contributed by atoms with E-state index in [1.54, 1.807) is 49.8 Å². The van der Waals surface area contributed by atoms with Crippen LogP contribution in [-0.2, 0) is 13.1 Å². The molecule has 0 saturated carbocycles. The maximum Gasteiger partial charge on any atom is 0.226 e. The van der Waals surface area contributed by atoms with Gasteiger partial charge in [0.1, 0.15) is 17.1 Å². The normalized spacial score (nSPS) is 12.3. The molecule has 9 heteroatoms. The molecule has 5 aromatic rings. The summed E-state index contributed by atoms with van der Waals surface area (Å²) in [4.78, 5) is 20.2. The van der Waals surface area contributed by atoms with Crippen LogP contribution in [0.15, 0.2) is 60.9 Å². The molecule has 8 nitrogen and oxygen atoms in total. The van der Waals surface area contributed by atoms with Gasteiger partial charge >= 0.3 is 0 Å². The van der Waals surface area contributed by atoms with E-state index in [4.69, 9.17) is 9.72 Å². The van der Waals surface area contributed by atoms with Crippen LogP contribution in [0.1, 0.15) is 22.4 Å². The number of H-pyrrole nitrogens is 1. The number of nitrogens with zero attached hydrogens (tertiary/aromatic N) is 6. The molecule has 6 rings (SSSR count). The first kappa shape index (κ1) is 20.7. The monoisotopic (exact) mass is 463 g/mol. The molecule has 1 aliphatic rings. The smallest absolute Gasteiger partial charge is 0.226 e. The number of aromatic amines is 1. The SMILES string of the molecule is COc1ccc2c(c1)CN(c1nccc(-c3nccc(C#Cc4ccc5n[nH]c(F)c5c4)n3)n1)C2. The summed E-state index contributed by atoms with van der Waals surface area (Å²) in [5.41, 5.74) is 4.77. The predicted molar refractivity (Wildman–Crippen MR) is 128 cm³/mol. The Labute approximate surface area is 199 Å². The van der Waals surface area contributed by atoms with E-state index in [-0.39, 0.29) is 0 Å². The summed E-state index contributed by atoms with van der Waals surface area (Å²) in [7, 11) is 1.66. The molecule has 0 bridgehead atoms. The lowest BCUT2D eigenvalue weighted by Gasteiger charge is -2.15. The molecule has 1 aliphatic heterocycles. The van der Waals surface area contributed by atoms with E-state index in [0.29, 0.717) is 46.2 Å². The van der Waals surface area contributed by atoms with Gasteiger partial charge in [0.25, 0.3) is 0 Å². The summed E-state index contributed by atoms with van der Waals surface area (Å²) in [6.07, 6.45) is 3.35. The Morgan fingerprint density at radius 3 is 2.74 bits per heavy atom. The van der Waals surface area contributed by atoms with Gasteiger partial charge in [-0.05, 0) is 59.5 Å². The lowest BCUT2D eigenvalue weighted by atomic mass is 10.1. The van der Waals surface area contributed by atoms with Gasteiger partial charge in [-0.15, -0.1) is 0 Å². The topological polar surface area (TPSA) is 92.7 Å². The summed E-state index contributed by atoms with van der Waals surface area (Å²) in [5.74, 6) is 7.46. The van der Waals surface area contributed by atoms with Crippen LogP contribution >= 0.6 is 0 Å². The highest BCUT2D eigenvalue weighted by Crippen LogP contribution is 2.29. The minimum atomic E-state index is -0.479. The second kappa shape index (κ2) is 8.50. The number of anilines is 1. The summed E-state index contributed by atoms with van der Waals surface area (Å²) >= 11 is 0. The third-order valence-electron chi connectivity index (χ3n) is 5.79. The first-order valence-electron chi connectivity index (χ1n) is 10.9. The van der Waals surface area contributed by atoms with Gasteiger partial charge in [0.15, 0.2) is 5.82 Å². The average Bonchev–Trinajstić information content (AvgIpc) is 3.50. The van der Waals surface area contributed by atoms with Crippen LogP contribution in [0.4, 0.5) is 10.3 Å². The van der Waals surface area contributed by atoms with Gasteiger partial charge in [-0.1, -0.05) is 12.0 Å². The second-order valence-corrected chi connectivity index (χ2v) is 8.02. The number of benzene rings is 2. The van der Waals surface area contributed by atoms with Gasteiger partial charge in [0, 0.05) is 31.0 Å². The molecular weight excluding hydrogens is 445 g/mol. The van der Waals surface area contributed by atoms with Crippen molar-refractivity contribution < 1.29 is 9.13 Å². The fourth-order valence-corrected chi connectivity index (χ4v) is 4.01. The van der Waals surface area contributed by atoms with Crippen LogP contribution in [0.2, 0.25) is 0 Å². The minimum absolute atomic E-state index is 0.399. The highest BCUT2D eigenvalue weighted by molar-refractivity contribution is 5.80. The van der Waals surface area contributed by atoms with Crippen LogP contribution in [0, 0.1) is 17.8 Å². The number of nitrogens with one attached hydrogen (secondary N) is 1. The first-order valence-corrected chi connectivity index (χ1v) is 10.9. The molecule has 0 fully saturated rings. The van der Waals surface area contributed by atoms with Gasteiger partial charge < -0.3 is 9.64 Å². The van der Waals surface area contributed by atoms with Crippen molar-refractivity contribution in [1.29, 1.82) is 0 Å². The fourth-order valence-electron chi connectivity index (χ4n) is 4.01. The van der Waals surface area contributed by atoms with Crippen molar-refractivity contribution in [3.8, 4) is 29.1 Å². The number of rotatable bonds is 3. The number of halogens is 1. The highest BCUT2D eigenvalue weighted by atomic mass is 19.1. The van der Waals surface area contributed by atoms with E-state index in [1.807, 2.05) is 12.1 Å². The zero-order valence-corrected chi connectivity index (χ0v) is 18.7. The quantitative estimate of drug-likeness (QED) is 0.406. The van der Waals surface area contributed by atoms with Crippen molar-refractivity contribution in [3.63, 3.8) is 0 Å². The van der Waals surface area contributed by atoms with Crippen molar-refractivity contribution in [3.05, 3.63) is 89.3 Å². The Balaban J connectivity index is 1.25. The van der Waals surface area contributed by atoms with E-state index < -0.39 is 5.95 Å². The lowest BCUT2D eigenvalue weighted by Crippen LogP contribution is -2.17. The molecule has 3 aromatic heterocycles. The molecule has 4 heterocycles. The molecule has 0 saturated heterocycles. The van der Waals surface area contributed by atoms with Crippen molar-refractivity contribution >= 4 is 16.9 Å². The zero-order valence-electron chi connectivity index (χ0n) is 18.7. The summed E-state index contributed by atoms with van der Waals surface area (Å²) < 4.78 is 19.1. The van der Waals surface area contributed by atoms with E-state index >= 15 is 0 Å². The van der Waals surface area contributed by atoms with Crippen molar-refractivity contribution in [2.75, 3.05) is 12.0 Å². The van der Waals surface area contributed by atoms with E-state index in [1.165, 1.54) is 11.1 Å². The Morgan fingerprint density at radius 2 is 1.83 bits per heavy atom. The number of hydrogen-bond donors (Lipinski definition) is 1. The third kappa shape index (κ3) is 4.02. The molecule has 170 valence electrons. The Morgan fingerprint density at radius 1 is 0.943 bits per heavy atom. The maximum atomic E-state index is 13.8. The van der Waals surface area contributed by atoms with E-state index in [9.17, 15) is 4.39 Å². The predicted octanol–water partition coefficient (Wildman–Crippen LogP) is 3.88. The van der Waals surface area contributed by atoms with Crippen molar-refractivity contribution in [2.45, 2.75) is 13.1 Å². The summed E-state index contributed by atoms with van der Waals surface area (Å²) in [6.45, 7) is 1.42. The zero-order chi connectivity index (χ0) is 23.8. The number of ether oxygens (including phenoxy) is 1. The summed E-state index contributed by atoms with van der Waals surface area (Å²) in [6, 6.07) is 14.7. The van der Waals surface area contributed by atoms with Gasteiger partial charge in [-0.25, -0.2) is 19.9 Å². The molecule has 35 heavy (non-hydrogen) atoms. The Hall–Kier alpha value is -4.84. The molecule has 0 radical (unpaired) electrons. The van der Waals surface area contributed by atoms with Crippen LogP contribution in [0.3, 0.4) is 0 Å². The number of aromatic nitrogens is 6. The maximum absolute atomic E-state index is 13.8. The Kier molecular flexibility index (Phi) is 5.04. The minimum Gasteiger partial charge on any atom is -0.497 e. The van der Waals surface area contributed by atoms with Gasteiger partial charge in [-0.3, -0.25) is 5.10 Å². The molecule has 0 amide bonds. The molecule has 2 aromatic carbocycles. The number of fused-ring (bicyclic) bond motifs is 2. The van der Waals surface area contributed by atoms with Crippen LogP contribution in [0.25, 0.3) is 22.4 Å². The second-order valence-electron chi connectivity index (χ2n) is 8.02. The molecule has 0 spiro atoms. The molecule has 0 aliphatic carbocycles. The molecule has 0 unspecified atom stereocenters. The fraction of sp³-hybridized carbons (Fsp3) is 0.115. The van der Waals surface area contributed by atoms with Crippen molar-refractivity contribution in [1.82, 2.24) is 30.1 Å². The third-order valence-corrected chi connectivity index (χ3v) is 5.79. The summed E-state index contributed by atoms with van der Waals surface area (Å²) in [5, 5.41) is 6.62. The number of methoxy groups -OCH3 is 1. The van der Waals surface area contributed by atoms with E-state index in [2.05, 4.69) is 48.0 Å². The van der Waals surface area contributed by atoms with Crippen LogP contribution in [-0.4, -0.2) is 37.2 Å². The van der Waals surface area contributed by atoms with E-state index in [0.717, 1.165) is 12.3 Å². The molecule has 0 atom stereocenters. The standard InChI is InChI=1S/C26H18FN7O/c1-35-20-6-4-17-14-34(15-18(17)13-20)26-29-11-9-23(31-26)25-28-10-8-19(30-25)5-2-16-3-7-22-21(12-16)24(27)33-32-22/h3-4,6-13H,14-15H2,1H3,(H,32,33). The average molecular weight is 463 g/mol. The van der Waals surface area contributed by atoms with Crippen LogP contribution < -0.4 is 9.64 Å². The largest absolute Gasteiger partial charge is 0.497 e. The Bertz CT molecular complexity index is 1640. The van der Waals surface area contributed by atoms with Crippen LogP contribution in [0.5, 0.6) is 5.75 Å². The number of hydrogen-bond acceptors (Lipinski definition) is 7. The van der Waals surface area contributed by atoms with Gasteiger partial charge in [0.2, 0.25) is 11.9 Å². The molecular formula is C26H18FN7O. The van der Waals surface area contributed by atoms with Gasteiger partial charge in [0.05, 0.1) is 18.0 Å². The first-order chi connectivity index (χ1) is 17.2. The van der Waals surface area contributed by atoms with Gasteiger partial charge in [-0.2, -0.15) is 9.49 Å².